The Labute approximate surface area is 131 Å². The SMILES string of the molecule is CCCC(=O)N1CCN(S(=O)(=O)c2ccc(OC)cc2)CC1. The fourth-order valence-corrected chi connectivity index (χ4v) is 3.87. The number of methoxy groups -OCH3 is 1. The second-order valence-corrected chi connectivity index (χ2v) is 7.15. The first-order chi connectivity index (χ1) is 10.5. The highest BCUT2D eigenvalue weighted by Gasteiger charge is 2.29. The van der Waals surface area contributed by atoms with Crippen molar-refractivity contribution >= 4 is 15.9 Å². The van der Waals surface area contributed by atoms with Crippen molar-refractivity contribution in [2.24, 2.45) is 0 Å². The van der Waals surface area contributed by atoms with E-state index < -0.39 is 10.0 Å². The molecule has 0 unspecified atom stereocenters. The number of rotatable bonds is 5. The van der Waals surface area contributed by atoms with Crippen LogP contribution in [-0.4, -0.2) is 56.8 Å². The number of hydrogen-bond acceptors (Lipinski definition) is 4. The predicted molar refractivity (Wildman–Crippen MR) is 83.2 cm³/mol. The summed E-state index contributed by atoms with van der Waals surface area (Å²) in [4.78, 5) is 13.8. The number of ether oxygens (including phenoxy) is 1. The Hall–Kier alpha value is -1.60. The van der Waals surface area contributed by atoms with Gasteiger partial charge in [-0.25, -0.2) is 8.42 Å². The Balaban J connectivity index is 2.04. The van der Waals surface area contributed by atoms with Gasteiger partial charge >= 0.3 is 0 Å². The van der Waals surface area contributed by atoms with Crippen LogP contribution in [0.1, 0.15) is 19.8 Å². The van der Waals surface area contributed by atoms with E-state index in [-0.39, 0.29) is 10.8 Å². The Kier molecular flexibility index (Phi) is 5.42. The first-order valence-corrected chi connectivity index (χ1v) is 8.85. The highest BCUT2D eigenvalue weighted by Crippen LogP contribution is 2.20. The van der Waals surface area contributed by atoms with Gasteiger partial charge in [0.15, 0.2) is 0 Å². The van der Waals surface area contributed by atoms with Crippen LogP contribution in [0.25, 0.3) is 0 Å². The fraction of sp³-hybridized carbons (Fsp3) is 0.533. The second kappa shape index (κ2) is 7.11. The molecule has 1 heterocycles. The van der Waals surface area contributed by atoms with Crippen molar-refractivity contribution in [2.75, 3.05) is 33.3 Å². The number of hydrogen-bond donors (Lipinski definition) is 0. The maximum Gasteiger partial charge on any atom is 0.243 e. The van der Waals surface area contributed by atoms with E-state index in [1.54, 1.807) is 29.2 Å². The van der Waals surface area contributed by atoms with E-state index in [0.717, 1.165) is 6.42 Å². The molecule has 1 saturated heterocycles. The largest absolute Gasteiger partial charge is 0.497 e. The Bertz CT molecular complexity index is 605. The van der Waals surface area contributed by atoms with Crippen LogP contribution in [-0.2, 0) is 14.8 Å². The molecule has 1 fully saturated rings. The lowest BCUT2D eigenvalue weighted by molar-refractivity contribution is -0.132. The van der Waals surface area contributed by atoms with Gasteiger partial charge in [-0.3, -0.25) is 4.79 Å². The summed E-state index contributed by atoms with van der Waals surface area (Å²) < 4.78 is 31.6. The van der Waals surface area contributed by atoms with Crippen LogP contribution < -0.4 is 4.74 Å². The molecule has 0 aromatic heterocycles. The summed E-state index contributed by atoms with van der Waals surface area (Å²) in [5.41, 5.74) is 0. The average Bonchev–Trinajstić information content (AvgIpc) is 2.55. The van der Waals surface area contributed by atoms with Gasteiger partial charge in [-0.05, 0) is 30.7 Å². The molecule has 0 spiro atoms. The zero-order valence-corrected chi connectivity index (χ0v) is 13.8. The summed E-state index contributed by atoms with van der Waals surface area (Å²) in [6.07, 6.45) is 1.33. The Morgan fingerprint density at radius 1 is 1.14 bits per heavy atom. The number of amides is 1. The maximum absolute atomic E-state index is 12.6. The minimum absolute atomic E-state index is 0.101. The van der Waals surface area contributed by atoms with Crippen LogP contribution in [0.5, 0.6) is 5.75 Å². The zero-order chi connectivity index (χ0) is 16.2. The van der Waals surface area contributed by atoms with Crippen LogP contribution in [0, 0.1) is 0 Å². The molecule has 1 aliphatic heterocycles. The van der Waals surface area contributed by atoms with Crippen LogP contribution >= 0.6 is 0 Å². The molecule has 0 saturated carbocycles. The van der Waals surface area contributed by atoms with E-state index in [1.165, 1.54) is 11.4 Å². The van der Waals surface area contributed by atoms with Crippen LogP contribution in [0.4, 0.5) is 0 Å². The van der Waals surface area contributed by atoms with E-state index in [4.69, 9.17) is 4.74 Å². The molecule has 0 radical (unpaired) electrons. The number of benzene rings is 1. The number of sulfonamides is 1. The van der Waals surface area contributed by atoms with Crippen molar-refractivity contribution in [1.29, 1.82) is 0 Å². The molecular formula is C15H22N2O4S. The van der Waals surface area contributed by atoms with Gasteiger partial charge in [-0.2, -0.15) is 4.31 Å². The van der Waals surface area contributed by atoms with E-state index in [0.29, 0.717) is 38.3 Å². The molecule has 122 valence electrons. The molecule has 0 aliphatic carbocycles. The number of carbonyl (C=O) groups excluding carboxylic acids is 1. The summed E-state index contributed by atoms with van der Waals surface area (Å²) in [6.45, 7) is 3.54. The summed E-state index contributed by atoms with van der Waals surface area (Å²) in [6, 6.07) is 6.35. The third-order valence-corrected chi connectivity index (χ3v) is 5.67. The Morgan fingerprint density at radius 2 is 1.73 bits per heavy atom. The molecule has 0 bridgehead atoms. The number of carbonyl (C=O) groups is 1. The van der Waals surface area contributed by atoms with Gasteiger partial charge in [-0.15, -0.1) is 0 Å². The summed E-state index contributed by atoms with van der Waals surface area (Å²) >= 11 is 0. The van der Waals surface area contributed by atoms with Crippen LogP contribution in [0.2, 0.25) is 0 Å². The average molecular weight is 326 g/mol. The molecule has 6 nitrogen and oxygen atoms in total. The van der Waals surface area contributed by atoms with E-state index in [2.05, 4.69) is 0 Å². The normalized spacial score (nSPS) is 16.5. The van der Waals surface area contributed by atoms with Gasteiger partial charge < -0.3 is 9.64 Å². The second-order valence-electron chi connectivity index (χ2n) is 5.21. The fourth-order valence-electron chi connectivity index (χ4n) is 2.45. The summed E-state index contributed by atoms with van der Waals surface area (Å²) in [5, 5.41) is 0. The van der Waals surface area contributed by atoms with Crippen molar-refractivity contribution < 1.29 is 17.9 Å². The third-order valence-electron chi connectivity index (χ3n) is 3.75. The first kappa shape index (κ1) is 16.8. The molecule has 2 rings (SSSR count). The smallest absolute Gasteiger partial charge is 0.243 e. The highest BCUT2D eigenvalue weighted by atomic mass is 32.2. The predicted octanol–water partition coefficient (Wildman–Crippen LogP) is 1.33. The zero-order valence-electron chi connectivity index (χ0n) is 13.0. The lowest BCUT2D eigenvalue weighted by Gasteiger charge is -2.34. The monoisotopic (exact) mass is 326 g/mol. The molecule has 1 aromatic rings. The van der Waals surface area contributed by atoms with E-state index in [9.17, 15) is 13.2 Å². The third kappa shape index (κ3) is 3.59. The van der Waals surface area contributed by atoms with Gasteiger partial charge in [0.25, 0.3) is 0 Å². The molecule has 1 aromatic carbocycles. The summed E-state index contributed by atoms with van der Waals surface area (Å²) in [7, 11) is -1.97. The molecule has 1 amide bonds. The molecule has 0 atom stereocenters. The molecule has 1 aliphatic rings. The first-order valence-electron chi connectivity index (χ1n) is 7.41. The lowest BCUT2D eigenvalue weighted by Crippen LogP contribution is -2.50. The minimum Gasteiger partial charge on any atom is -0.497 e. The van der Waals surface area contributed by atoms with Crippen LogP contribution in [0.3, 0.4) is 0 Å². The van der Waals surface area contributed by atoms with E-state index >= 15 is 0 Å². The topological polar surface area (TPSA) is 66.9 Å². The van der Waals surface area contributed by atoms with Crippen LogP contribution in [0.15, 0.2) is 29.2 Å². The Morgan fingerprint density at radius 3 is 2.23 bits per heavy atom. The van der Waals surface area contributed by atoms with Crippen molar-refractivity contribution in [3.05, 3.63) is 24.3 Å². The summed E-state index contributed by atoms with van der Waals surface area (Å²) in [5.74, 6) is 0.720. The van der Waals surface area contributed by atoms with Crippen molar-refractivity contribution in [1.82, 2.24) is 9.21 Å². The van der Waals surface area contributed by atoms with Crippen molar-refractivity contribution in [3.63, 3.8) is 0 Å². The van der Waals surface area contributed by atoms with Gasteiger partial charge in [0.2, 0.25) is 15.9 Å². The quantitative estimate of drug-likeness (QED) is 0.819. The van der Waals surface area contributed by atoms with Gasteiger partial charge in [-0.1, -0.05) is 6.92 Å². The molecular weight excluding hydrogens is 304 g/mol. The van der Waals surface area contributed by atoms with E-state index in [1.807, 2.05) is 6.92 Å². The van der Waals surface area contributed by atoms with Crippen molar-refractivity contribution in [2.45, 2.75) is 24.7 Å². The minimum atomic E-state index is -3.51. The van der Waals surface area contributed by atoms with Gasteiger partial charge in [0.05, 0.1) is 12.0 Å². The number of nitrogens with zero attached hydrogens (tertiary/aromatic N) is 2. The highest BCUT2D eigenvalue weighted by molar-refractivity contribution is 7.89. The molecule has 7 heteroatoms. The maximum atomic E-state index is 12.6. The standard InChI is InChI=1S/C15H22N2O4S/c1-3-4-15(18)16-9-11-17(12-10-16)22(19,20)14-7-5-13(21-2)6-8-14/h5-8H,3-4,9-12H2,1-2H3. The molecule has 22 heavy (non-hydrogen) atoms. The lowest BCUT2D eigenvalue weighted by atomic mass is 10.2. The van der Waals surface area contributed by atoms with Gasteiger partial charge in [0.1, 0.15) is 5.75 Å². The number of piperazine rings is 1. The van der Waals surface area contributed by atoms with Gasteiger partial charge in [0, 0.05) is 32.6 Å². The van der Waals surface area contributed by atoms with Crippen molar-refractivity contribution in [3.8, 4) is 5.75 Å². The molecule has 0 N–H and O–H groups in total.